The molecule has 2 atom stereocenters. The van der Waals surface area contributed by atoms with E-state index >= 15 is 0 Å². The van der Waals surface area contributed by atoms with Crippen LogP contribution in [-0.4, -0.2) is 66.4 Å². The van der Waals surface area contributed by atoms with Crippen molar-refractivity contribution in [2.24, 2.45) is 5.92 Å². The maximum atomic E-state index is 13.6. The summed E-state index contributed by atoms with van der Waals surface area (Å²) >= 11 is 0. The van der Waals surface area contributed by atoms with Crippen molar-refractivity contribution in [3.05, 3.63) is 54.2 Å². The van der Waals surface area contributed by atoms with Gasteiger partial charge in [0.25, 0.3) is 0 Å². The summed E-state index contributed by atoms with van der Waals surface area (Å²) in [7, 11) is 1.64. The number of rotatable bonds is 7. The maximum Gasteiger partial charge on any atom is 0.228 e. The molecular formula is C25H32N4O3. The average Bonchev–Trinajstić information content (AvgIpc) is 3.18. The second-order valence-corrected chi connectivity index (χ2v) is 8.47. The van der Waals surface area contributed by atoms with Crippen LogP contribution in [0, 0.1) is 5.92 Å². The number of hydrogen-bond acceptors (Lipinski definition) is 5. The molecule has 0 spiro atoms. The van der Waals surface area contributed by atoms with E-state index in [4.69, 9.17) is 4.74 Å². The van der Waals surface area contributed by atoms with Crippen LogP contribution in [-0.2, 0) is 9.59 Å². The molecule has 0 aliphatic carbocycles. The number of ether oxygens (including phenoxy) is 1. The van der Waals surface area contributed by atoms with E-state index in [0.717, 1.165) is 43.1 Å². The molecule has 4 rings (SSSR count). The molecule has 32 heavy (non-hydrogen) atoms. The van der Waals surface area contributed by atoms with E-state index in [9.17, 15) is 9.59 Å². The lowest BCUT2D eigenvalue weighted by Crippen LogP contribution is -2.51. The smallest absolute Gasteiger partial charge is 0.228 e. The van der Waals surface area contributed by atoms with Gasteiger partial charge in [0.05, 0.1) is 19.1 Å². The van der Waals surface area contributed by atoms with E-state index in [-0.39, 0.29) is 30.2 Å². The number of aromatic nitrogens is 1. The maximum absolute atomic E-state index is 13.6. The average molecular weight is 437 g/mol. The van der Waals surface area contributed by atoms with Gasteiger partial charge in [-0.15, -0.1) is 0 Å². The van der Waals surface area contributed by atoms with Crippen LogP contribution < -0.4 is 9.64 Å². The first-order valence-corrected chi connectivity index (χ1v) is 11.5. The van der Waals surface area contributed by atoms with Crippen molar-refractivity contribution in [1.29, 1.82) is 0 Å². The van der Waals surface area contributed by atoms with Crippen molar-refractivity contribution in [2.75, 3.05) is 44.7 Å². The fraction of sp³-hybridized carbons (Fsp3) is 0.480. The number of pyridine rings is 1. The van der Waals surface area contributed by atoms with Crippen molar-refractivity contribution < 1.29 is 14.3 Å². The molecule has 2 unspecified atom stereocenters. The topological polar surface area (TPSA) is 66.0 Å². The summed E-state index contributed by atoms with van der Waals surface area (Å²) in [5.74, 6) is 1.52. The number of anilines is 1. The number of methoxy groups -OCH3 is 1. The number of unbranched alkanes of at least 4 members (excludes halogenated alkanes) is 1. The van der Waals surface area contributed by atoms with Crippen molar-refractivity contribution in [2.45, 2.75) is 32.2 Å². The van der Waals surface area contributed by atoms with Gasteiger partial charge in [-0.25, -0.2) is 4.98 Å². The molecular weight excluding hydrogens is 404 g/mol. The highest BCUT2D eigenvalue weighted by atomic mass is 16.5. The minimum Gasteiger partial charge on any atom is -0.497 e. The predicted molar refractivity (Wildman–Crippen MR) is 123 cm³/mol. The second kappa shape index (κ2) is 10.0. The number of benzene rings is 1. The molecule has 2 amide bonds. The van der Waals surface area contributed by atoms with Gasteiger partial charge in [-0.3, -0.25) is 9.59 Å². The summed E-state index contributed by atoms with van der Waals surface area (Å²) in [5, 5.41) is 0. The Morgan fingerprint density at radius 1 is 1.09 bits per heavy atom. The molecule has 0 bridgehead atoms. The number of nitrogens with zero attached hydrogens (tertiary/aromatic N) is 4. The number of piperazine rings is 1. The van der Waals surface area contributed by atoms with Crippen LogP contribution in [0.25, 0.3) is 0 Å². The molecule has 2 aliphatic rings. The third-order valence-electron chi connectivity index (χ3n) is 6.52. The molecule has 2 aliphatic heterocycles. The third kappa shape index (κ3) is 4.56. The number of carbonyl (C=O) groups is 2. The van der Waals surface area contributed by atoms with Crippen LogP contribution in [0.15, 0.2) is 48.7 Å². The van der Waals surface area contributed by atoms with Gasteiger partial charge >= 0.3 is 0 Å². The minimum atomic E-state index is -0.353. The molecule has 0 saturated carbocycles. The normalized spacial score (nSPS) is 21.2. The predicted octanol–water partition coefficient (Wildman–Crippen LogP) is 3.13. The summed E-state index contributed by atoms with van der Waals surface area (Å²) in [4.78, 5) is 37.0. The van der Waals surface area contributed by atoms with Crippen LogP contribution >= 0.6 is 0 Å². The molecule has 3 heterocycles. The van der Waals surface area contributed by atoms with Gasteiger partial charge in [0, 0.05) is 45.3 Å². The number of hydrogen-bond donors (Lipinski definition) is 0. The van der Waals surface area contributed by atoms with E-state index in [1.54, 1.807) is 13.3 Å². The largest absolute Gasteiger partial charge is 0.497 e. The lowest BCUT2D eigenvalue weighted by molar-refractivity contribution is -0.136. The van der Waals surface area contributed by atoms with Crippen LogP contribution in [0.3, 0.4) is 0 Å². The minimum absolute atomic E-state index is 0.0738. The second-order valence-electron chi connectivity index (χ2n) is 8.47. The summed E-state index contributed by atoms with van der Waals surface area (Å²) in [6, 6.07) is 13.4. The third-order valence-corrected chi connectivity index (χ3v) is 6.52. The molecule has 1 aromatic carbocycles. The molecule has 2 saturated heterocycles. The Balaban J connectivity index is 1.50. The number of amides is 2. The zero-order valence-corrected chi connectivity index (χ0v) is 18.9. The van der Waals surface area contributed by atoms with E-state index in [0.29, 0.717) is 19.6 Å². The van der Waals surface area contributed by atoms with Crippen molar-refractivity contribution in [1.82, 2.24) is 14.8 Å². The van der Waals surface area contributed by atoms with Gasteiger partial charge in [-0.1, -0.05) is 31.5 Å². The molecule has 1 aromatic heterocycles. The van der Waals surface area contributed by atoms with Gasteiger partial charge in [0.15, 0.2) is 0 Å². The first kappa shape index (κ1) is 22.1. The van der Waals surface area contributed by atoms with E-state index < -0.39 is 0 Å². The highest BCUT2D eigenvalue weighted by Gasteiger charge is 2.45. The molecule has 170 valence electrons. The Kier molecular flexibility index (Phi) is 6.93. The number of carbonyl (C=O) groups excluding carboxylic acids is 2. The molecule has 2 aromatic rings. The van der Waals surface area contributed by atoms with E-state index in [1.807, 2.05) is 52.3 Å². The summed E-state index contributed by atoms with van der Waals surface area (Å²) in [5.41, 5.74) is 0.998. The zero-order valence-electron chi connectivity index (χ0n) is 18.9. The van der Waals surface area contributed by atoms with Crippen LogP contribution in [0.4, 0.5) is 5.82 Å². The molecule has 7 nitrogen and oxygen atoms in total. The first-order chi connectivity index (χ1) is 15.6. The van der Waals surface area contributed by atoms with Crippen LogP contribution in [0.1, 0.15) is 37.8 Å². The molecule has 7 heteroatoms. The van der Waals surface area contributed by atoms with Crippen LogP contribution in [0.5, 0.6) is 5.75 Å². The van der Waals surface area contributed by atoms with Crippen LogP contribution in [0.2, 0.25) is 0 Å². The number of likely N-dealkylation sites (tertiary alicyclic amines) is 1. The highest BCUT2D eigenvalue weighted by molar-refractivity contribution is 5.90. The Bertz CT molecular complexity index is 911. The summed E-state index contributed by atoms with van der Waals surface area (Å²) in [6.07, 6.45) is 4.01. The van der Waals surface area contributed by atoms with E-state index in [1.165, 1.54) is 0 Å². The quantitative estimate of drug-likeness (QED) is 0.667. The Labute approximate surface area is 190 Å². The van der Waals surface area contributed by atoms with E-state index in [2.05, 4.69) is 16.8 Å². The molecule has 0 radical (unpaired) electrons. The fourth-order valence-corrected chi connectivity index (χ4v) is 4.75. The van der Waals surface area contributed by atoms with Gasteiger partial charge in [-0.2, -0.15) is 0 Å². The van der Waals surface area contributed by atoms with Crippen molar-refractivity contribution in [3.63, 3.8) is 0 Å². The van der Waals surface area contributed by atoms with Crippen molar-refractivity contribution in [3.8, 4) is 5.75 Å². The SMILES string of the molecule is CCCCN1C(=O)CC(C(=O)N2CCN(c3ccccn3)CC2)C1c1ccc(OC)cc1. The zero-order chi connectivity index (χ0) is 22.5. The Morgan fingerprint density at radius 3 is 2.47 bits per heavy atom. The summed E-state index contributed by atoms with van der Waals surface area (Å²) in [6.45, 7) is 5.58. The fourth-order valence-electron chi connectivity index (χ4n) is 4.75. The van der Waals surface area contributed by atoms with Gasteiger partial charge < -0.3 is 19.4 Å². The lowest BCUT2D eigenvalue weighted by Gasteiger charge is -2.37. The van der Waals surface area contributed by atoms with Gasteiger partial charge in [0.2, 0.25) is 11.8 Å². The first-order valence-electron chi connectivity index (χ1n) is 11.5. The van der Waals surface area contributed by atoms with Gasteiger partial charge in [-0.05, 0) is 36.2 Å². The Hall–Kier alpha value is -3.09. The molecule has 0 N–H and O–H groups in total. The molecule has 2 fully saturated rings. The monoisotopic (exact) mass is 436 g/mol. The Morgan fingerprint density at radius 2 is 1.84 bits per heavy atom. The summed E-state index contributed by atoms with van der Waals surface area (Å²) < 4.78 is 5.30. The van der Waals surface area contributed by atoms with Crippen molar-refractivity contribution >= 4 is 17.6 Å². The lowest BCUT2D eigenvalue weighted by atomic mass is 9.92. The van der Waals surface area contributed by atoms with Gasteiger partial charge in [0.1, 0.15) is 11.6 Å². The standard InChI is InChI=1S/C25H32N4O3/c1-3-4-13-29-23(30)18-21(24(29)19-8-10-20(32-2)11-9-19)25(31)28-16-14-27(15-17-28)22-7-5-6-12-26-22/h5-12,21,24H,3-4,13-18H2,1-2H3. The highest BCUT2D eigenvalue weighted by Crippen LogP contribution is 2.40.